The van der Waals surface area contributed by atoms with E-state index in [1.807, 2.05) is 0 Å². The van der Waals surface area contributed by atoms with Crippen molar-refractivity contribution in [3.05, 3.63) is 29.0 Å². The van der Waals surface area contributed by atoms with Crippen LogP contribution in [-0.4, -0.2) is 39.6 Å². The molecule has 98 valence electrons. The lowest BCUT2D eigenvalue weighted by Gasteiger charge is -2.25. The monoisotopic (exact) mass is 268 g/mol. The molecule has 1 aromatic heterocycles. The number of likely N-dealkylation sites (tertiary alicyclic amines) is 1. The van der Waals surface area contributed by atoms with Gasteiger partial charge in [0.1, 0.15) is 5.69 Å². The number of hydrogen-bond donors (Lipinski definition) is 1. The Hall–Kier alpha value is -1.13. The zero-order chi connectivity index (χ0) is 13.3. The largest absolute Gasteiger partial charge is 0.390 e. The van der Waals surface area contributed by atoms with Gasteiger partial charge in [-0.3, -0.25) is 4.79 Å². The molecule has 1 aromatic rings. The Morgan fingerprint density at radius 2 is 2.28 bits per heavy atom. The summed E-state index contributed by atoms with van der Waals surface area (Å²) in [5, 5.41) is 10.5. The first-order valence-electron chi connectivity index (χ1n) is 6.01. The Morgan fingerprint density at radius 3 is 2.78 bits per heavy atom. The van der Waals surface area contributed by atoms with E-state index in [4.69, 9.17) is 11.6 Å². The third kappa shape index (κ3) is 2.82. The standard InChI is InChI=1S/C13H17ClN2O2/c1-13(2,18)9-5-6-16(8-9)12(17)11-4-3-10(14)7-15-11/h3-4,7,9,18H,5-6,8H2,1-2H3/t9-/m0/s1. The van der Waals surface area contributed by atoms with Gasteiger partial charge in [0.15, 0.2) is 0 Å². The number of carbonyl (C=O) groups is 1. The number of hydrogen-bond acceptors (Lipinski definition) is 3. The molecule has 1 N–H and O–H groups in total. The van der Waals surface area contributed by atoms with Crippen molar-refractivity contribution in [2.45, 2.75) is 25.9 Å². The Morgan fingerprint density at radius 1 is 1.56 bits per heavy atom. The van der Waals surface area contributed by atoms with Gasteiger partial charge in [-0.15, -0.1) is 0 Å². The Kier molecular flexibility index (Phi) is 3.59. The molecular weight excluding hydrogens is 252 g/mol. The number of amides is 1. The highest BCUT2D eigenvalue weighted by Gasteiger charge is 2.35. The average Bonchev–Trinajstić information content (AvgIpc) is 2.78. The van der Waals surface area contributed by atoms with Crippen molar-refractivity contribution in [3.63, 3.8) is 0 Å². The first-order valence-corrected chi connectivity index (χ1v) is 6.39. The Balaban J connectivity index is 2.06. The molecule has 2 heterocycles. The van der Waals surface area contributed by atoms with Crippen molar-refractivity contribution in [1.82, 2.24) is 9.88 Å². The second kappa shape index (κ2) is 4.86. The van der Waals surface area contributed by atoms with E-state index in [0.717, 1.165) is 6.42 Å². The summed E-state index contributed by atoms with van der Waals surface area (Å²) in [7, 11) is 0. The molecule has 2 rings (SSSR count). The molecular formula is C13H17ClN2O2. The summed E-state index contributed by atoms with van der Waals surface area (Å²) in [5.41, 5.74) is -0.349. The van der Waals surface area contributed by atoms with Crippen molar-refractivity contribution < 1.29 is 9.90 Å². The molecule has 0 bridgehead atoms. The summed E-state index contributed by atoms with van der Waals surface area (Å²) in [4.78, 5) is 17.9. The molecule has 0 unspecified atom stereocenters. The highest BCUT2D eigenvalue weighted by Crippen LogP contribution is 2.27. The molecule has 5 heteroatoms. The van der Waals surface area contributed by atoms with Crippen LogP contribution in [0.4, 0.5) is 0 Å². The number of pyridine rings is 1. The predicted octanol–water partition coefficient (Wildman–Crippen LogP) is 1.97. The first-order chi connectivity index (χ1) is 8.38. The minimum atomic E-state index is -0.748. The summed E-state index contributed by atoms with van der Waals surface area (Å²) < 4.78 is 0. The summed E-state index contributed by atoms with van der Waals surface area (Å²) in [6.45, 7) is 4.81. The molecule has 18 heavy (non-hydrogen) atoms. The lowest BCUT2D eigenvalue weighted by atomic mass is 9.90. The van der Waals surface area contributed by atoms with E-state index in [1.54, 1.807) is 30.9 Å². The quantitative estimate of drug-likeness (QED) is 0.892. The molecule has 0 saturated carbocycles. The van der Waals surface area contributed by atoms with Crippen molar-refractivity contribution in [2.24, 2.45) is 5.92 Å². The average molecular weight is 269 g/mol. The number of carbonyl (C=O) groups excluding carboxylic acids is 1. The van der Waals surface area contributed by atoms with E-state index in [2.05, 4.69) is 4.98 Å². The van der Waals surface area contributed by atoms with Gasteiger partial charge in [0.2, 0.25) is 0 Å². The molecule has 1 aliphatic rings. The van der Waals surface area contributed by atoms with Crippen molar-refractivity contribution in [3.8, 4) is 0 Å². The van der Waals surface area contributed by atoms with Crippen LogP contribution in [0.1, 0.15) is 30.8 Å². The number of aromatic nitrogens is 1. The predicted molar refractivity (Wildman–Crippen MR) is 69.6 cm³/mol. The maximum absolute atomic E-state index is 12.2. The lowest BCUT2D eigenvalue weighted by Crippen LogP contribution is -2.35. The molecule has 1 saturated heterocycles. The summed E-state index contributed by atoms with van der Waals surface area (Å²) in [6, 6.07) is 3.29. The molecule has 4 nitrogen and oxygen atoms in total. The highest BCUT2D eigenvalue weighted by atomic mass is 35.5. The Bertz CT molecular complexity index is 439. The van der Waals surface area contributed by atoms with E-state index in [1.165, 1.54) is 6.20 Å². The van der Waals surface area contributed by atoms with Gasteiger partial charge in [-0.2, -0.15) is 0 Å². The van der Waals surface area contributed by atoms with Gasteiger partial charge in [0.05, 0.1) is 10.6 Å². The van der Waals surface area contributed by atoms with Crippen molar-refractivity contribution >= 4 is 17.5 Å². The zero-order valence-corrected chi connectivity index (χ0v) is 11.3. The number of aliphatic hydroxyl groups is 1. The molecule has 0 spiro atoms. The second-order valence-electron chi connectivity index (χ2n) is 5.25. The minimum absolute atomic E-state index is 0.0987. The minimum Gasteiger partial charge on any atom is -0.390 e. The van der Waals surface area contributed by atoms with Crippen LogP contribution in [0.3, 0.4) is 0 Å². The second-order valence-corrected chi connectivity index (χ2v) is 5.69. The highest BCUT2D eigenvalue weighted by molar-refractivity contribution is 6.30. The van der Waals surface area contributed by atoms with Crippen LogP contribution in [0, 0.1) is 5.92 Å². The van der Waals surface area contributed by atoms with Crippen LogP contribution in [0.2, 0.25) is 5.02 Å². The fraction of sp³-hybridized carbons (Fsp3) is 0.538. The van der Waals surface area contributed by atoms with Crippen molar-refractivity contribution in [1.29, 1.82) is 0 Å². The van der Waals surface area contributed by atoms with E-state index in [0.29, 0.717) is 23.8 Å². The Labute approximate surface area is 112 Å². The van der Waals surface area contributed by atoms with Gasteiger partial charge in [-0.05, 0) is 32.4 Å². The van der Waals surface area contributed by atoms with Crippen LogP contribution in [-0.2, 0) is 0 Å². The smallest absolute Gasteiger partial charge is 0.272 e. The number of nitrogens with zero attached hydrogens (tertiary/aromatic N) is 2. The zero-order valence-electron chi connectivity index (χ0n) is 10.6. The normalized spacial score (nSPS) is 20.2. The van der Waals surface area contributed by atoms with E-state index < -0.39 is 5.60 Å². The van der Waals surface area contributed by atoms with Crippen LogP contribution >= 0.6 is 11.6 Å². The number of rotatable bonds is 2. The third-order valence-electron chi connectivity index (χ3n) is 3.42. The van der Waals surface area contributed by atoms with E-state index in [-0.39, 0.29) is 11.8 Å². The van der Waals surface area contributed by atoms with Crippen LogP contribution in [0.15, 0.2) is 18.3 Å². The number of halogens is 1. The maximum atomic E-state index is 12.2. The van der Waals surface area contributed by atoms with Crippen LogP contribution < -0.4 is 0 Å². The van der Waals surface area contributed by atoms with Gasteiger partial charge in [0.25, 0.3) is 5.91 Å². The van der Waals surface area contributed by atoms with E-state index in [9.17, 15) is 9.90 Å². The third-order valence-corrected chi connectivity index (χ3v) is 3.64. The molecule has 0 radical (unpaired) electrons. The fourth-order valence-electron chi connectivity index (χ4n) is 2.19. The van der Waals surface area contributed by atoms with Crippen LogP contribution in [0.5, 0.6) is 0 Å². The van der Waals surface area contributed by atoms with Gasteiger partial charge >= 0.3 is 0 Å². The topological polar surface area (TPSA) is 53.4 Å². The molecule has 0 aliphatic carbocycles. The van der Waals surface area contributed by atoms with Gasteiger partial charge in [-0.1, -0.05) is 11.6 Å². The molecule has 0 aromatic carbocycles. The maximum Gasteiger partial charge on any atom is 0.272 e. The SMILES string of the molecule is CC(C)(O)[C@H]1CCN(C(=O)c2ccc(Cl)cn2)C1. The summed E-state index contributed by atoms with van der Waals surface area (Å²) in [6.07, 6.45) is 2.29. The molecule has 1 amide bonds. The summed E-state index contributed by atoms with van der Waals surface area (Å²) in [5.74, 6) is 0.0205. The van der Waals surface area contributed by atoms with Crippen molar-refractivity contribution in [2.75, 3.05) is 13.1 Å². The summed E-state index contributed by atoms with van der Waals surface area (Å²) >= 11 is 5.74. The first kappa shape index (κ1) is 13.3. The van der Waals surface area contributed by atoms with Crippen LogP contribution in [0.25, 0.3) is 0 Å². The fourth-order valence-corrected chi connectivity index (χ4v) is 2.30. The van der Waals surface area contributed by atoms with E-state index >= 15 is 0 Å². The van der Waals surface area contributed by atoms with Gasteiger partial charge < -0.3 is 10.0 Å². The van der Waals surface area contributed by atoms with Gasteiger partial charge in [0, 0.05) is 25.2 Å². The lowest BCUT2D eigenvalue weighted by molar-refractivity contribution is 0.0211. The molecule has 1 fully saturated rings. The van der Waals surface area contributed by atoms with Gasteiger partial charge in [-0.25, -0.2) is 4.98 Å². The molecule has 1 aliphatic heterocycles. The molecule has 1 atom stereocenters.